The Morgan fingerprint density at radius 3 is 3.05 bits per heavy atom. The second-order valence-corrected chi connectivity index (χ2v) is 5.10. The summed E-state index contributed by atoms with van der Waals surface area (Å²) in [5.41, 5.74) is 0.860. The van der Waals surface area contributed by atoms with Crippen molar-refractivity contribution in [2.45, 2.75) is 25.8 Å². The van der Waals surface area contributed by atoms with Crippen LogP contribution in [0.3, 0.4) is 0 Å². The molecule has 0 radical (unpaired) electrons. The highest BCUT2D eigenvalue weighted by molar-refractivity contribution is 5.36. The Balaban J connectivity index is 1.94. The molecule has 1 saturated heterocycles. The number of benzene rings is 1. The van der Waals surface area contributed by atoms with E-state index < -0.39 is 0 Å². The third-order valence-electron chi connectivity index (χ3n) is 3.63. The van der Waals surface area contributed by atoms with E-state index in [0.29, 0.717) is 5.92 Å². The Kier molecular flexibility index (Phi) is 5.16. The van der Waals surface area contributed by atoms with Crippen LogP contribution in [-0.4, -0.2) is 26.9 Å². The molecule has 106 valence electrons. The molecule has 1 heterocycles. The van der Waals surface area contributed by atoms with Gasteiger partial charge in [-0.05, 0) is 43.9 Å². The molecular formula is C15H22FNO2. The van der Waals surface area contributed by atoms with Gasteiger partial charge in [0, 0.05) is 24.8 Å². The topological polar surface area (TPSA) is 30.5 Å². The van der Waals surface area contributed by atoms with Crippen LogP contribution in [0.2, 0.25) is 0 Å². The number of halogens is 1. The SMILES string of the molecule is COc1ccc(F)cc1C(C)NCC1CCCOC1. The lowest BCUT2D eigenvalue weighted by atomic mass is 10.0. The molecule has 0 amide bonds. The molecule has 1 aliphatic rings. The molecule has 0 saturated carbocycles. The van der Waals surface area contributed by atoms with Crippen molar-refractivity contribution in [2.24, 2.45) is 5.92 Å². The summed E-state index contributed by atoms with van der Waals surface area (Å²) in [6.07, 6.45) is 2.32. The largest absolute Gasteiger partial charge is 0.496 e. The molecule has 0 aromatic heterocycles. The molecule has 4 heteroatoms. The maximum Gasteiger partial charge on any atom is 0.123 e. The van der Waals surface area contributed by atoms with Crippen LogP contribution in [0, 0.1) is 11.7 Å². The second kappa shape index (κ2) is 6.87. The Labute approximate surface area is 114 Å². The van der Waals surface area contributed by atoms with E-state index in [9.17, 15) is 4.39 Å². The van der Waals surface area contributed by atoms with Crippen LogP contribution >= 0.6 is 0 Å². The van der Waals surface area contributed by atoms with Gasteiger partial charge >= 0.3 is 0 Å². The lowest BCUT2D eigenvalue weighted by Crippen LogP contribution is -2.31. The summed E-state index contributed by atoms with van der Waals surface area (Å²) in [5, 5.41) is 3.44. The number of nitrogens with one attached hydrogen (secondary N) is 1. The van der Waals surface area contributed by atoms with Crippen LogP contribution in [-0.2, 0) is 4.74 Å². The van der Waals surface area contributed by atoms with Crippen molar-refractivity contribution in [2.75, 3.05) is 26.9 Å². The first-order valence-electron chi connectivity index (χ1n) is 6.85. The fraction of sp³-hybridized carbons (Fsp3) is 0.600. The zero-order valence-electron chi connectivity index (χ0n) is 11.6. The number of hydrogen-bond donors (Lipinski definition) is 1. The normalized spacial score (nSPS) is 21.1. The number of ether oxygens (including phenoxy) is 2. The highest BCUT2D eigenvalue weighted by Crippen LogP contribution is 2.26. The first kappa shape index (κ1) is 14.3. The number of rotatable bonds is 5. The third-order valence-corrected chi connectivity index (χ3v) is 3.63. The average molecular weight is 267 g/mol. The van der Waals surface area contributed by atoms with E-state index in [-0.39, 0.29) is 11.9 Å². The predicted molar refractivity (Wildman–Crippen MR) is 72.9 cm³/mol. The zero-order valence-corrected chi connectivity index (χ0v) is 11.6. The zero-order chi connectivity index (χ0) is 13.7. The smallest absolute Gasteiger partial charge is 0.123 e. The van der Waals surface area contributed by atoms with Gasteiger partial charge in [-0.1, -0.05) is 0 Å². The van der Waals surface area contributed by atoms with E-state index in [4.69, 9.17) is 9.47 Å². The molecule has 0 bridgehead atoms. The third kappa shape index (κ3) is 3.91. The summed E-state index contributed by atoms with van der Waals surface area (Å²) in [5.74, 6) is 1.04. The van der Waals surface area contributed by atoms with Crippen molar-refractivity contribution in [3.8, 4) is 5.75 Å². The van der Waals surface area contributed by atoms with Crippen LogP contribution in [0.25, 0.3) is 0 Å². The van der Waals surface area contributed by atoms with Crippen molar-refractivity contribution < 1.29 is 13.9 Å². The van der Waals surface area contributed by atoms with Crippen molar-refractivity contribution in [1.82, 2.24) is 5.32 Å². The van der Waals surface area contributed by atoms with E-state index in [1.54, 1.807) is 13.2 Å². The average Bonchev–Trinajstić information content (AvgIpc) is 2.46. The van der Waals surface area contributed by atoms with Gasteiger partial charge in [-0.3, -0.25) is 0 Å². The van der Waals surface area contributed by atoms with Gasteiger partial charge in [-0.15, -0.1) is 0 Å². The molecule has 1 fully saturated rings. The Bertz CT molecular complexity index is 405. The molecule has 2 atom stereocenters. The van der Waals surface area contributed by atoms with Crippen molar-refractivity contribution >= 4 is 0 Å². The fourth-order valence-corrected chi connectivity index (χ4v) is 2.47. The van der Waals surface area contributed by atoms with Crippen molar-refractivity contribution in [3.63, 3.8) is 0 Å². The van der Waals surface area contributed by atoms with Gasteiger partial charge in [0.1, 0.15) is 11.6 Å². The molecule has 0 spiro atoms. The monoisotopic (exact) mass is 267 g/mol. The van der Waals surface area contributed by atoms with Gasteiger partial charge in [0.25, 0.3) is 0 Å². The lowest BCUT2D eigenvalue weighted by Gasteiger charge is -2.25. The Morgan fingerprint density at radius 1 is 1.53 bits per heavy atom. The van der Waals surface area contributed by atoms with E-state index in [2.05, 4.69) is 5.32 Å². The van der Waals surface area contributed by atoms with E-state index in [1.807, 2.05) is 6.92 Å². The number of methoxy groups -OCH3 is 1. The lowest BCUT2D eigenvalue weighted by molar-refractivity contribution is 0.0540. The minimum atomic E-state index is -0.231. The van der Waals surface area contributed by atoms with Gasteiger partial charge in [-0.25, -0.2) is 4.39 Å². The quantitative estimate of drug-likeness (QED) is 0.889. The van der Waals surface area contributed by atoms with Crippen LogP contribution in [0.1, 0.15) is 31.4 Å². The second-order valence-electron chi connectivity index (χ2n) is 5.10. The standard InChI is InChI=1S/C15H22FNO2/c1-11(17-9-12-4-3-7-19-10-12)14-8-13(16)5-6-15(14)18-2/h5-6,8,11-12,17H,3-4,7,9-10H2,1-2H3. The summed E-state index contributed by atoms with van der Waals surface area (Å²) in [7, 11) is 1.61. The highest BCUT2D eigenvalue weighted by atomic mass is 19.1. The summed E-state index contributed by atoms with van der Waals surface area (Å²) < 4.78 is 24.1. The number of hydrogen-bond acceptors (Lipinski definition) is 3. The predicted octanol–water partition coefficient (Wildman–Crippen LogP) is 2.91. The van der Waals surface area contributed by atoms with E-state index >= 15 is 0 Å². The summed E-state index contributed by atoms with van der Waals surface area (Å²) in [4.78, 5) is 0. The first-order valence-corrected chi connectivity index (χ1v) is 6.85. The van der Waals surface area contributed by atoms with Gasteiger partial charge in [0.2, 0.25) is 0 Å². The van der Waals surface area contributed by atoms with Gasteiger partial charge in [0.15, 0.2) is 0 Å². The summed E-state index contributed by atoms with van der Waals surface area (Å²) in [6, 6.07) is 4.69. The molecule has 1 aromatic carbocycles. The van der Waals surface area contributed by atoms with Crippen LogP contribution in [0.5, 0.6) is 5.75 Å². The molecule has 2 rings (SSSR count). The maximum atomic E-state index is 13.3. The van der Waals surface area contributed by atoms with Crippen LogP contribution in [0.4, 0.5) is 4.39 Å². The molecule has 19 heavy (non-hydrogen) atoms. The maximum absolute atomic E-state index is 13.3. The molecule has 1 aromatic rings. The molecule has 1 aliphatic heterocycles. The van der Waals surface area contributed by atoms with Crippen LogP contribution < -0.4 is 10.1 Å². The van der Waals surface area contributed by atoms with Gasteiger partial charge in [-0.2, -0.15) is 0 Å². The summed E-state index contributed by atoms with van der Waals surface area (Å²) >= 11 is 0. The van der Waals surface area contributed by atoms with Crippen LogP contribution in [0.15, 0.2) is 18.2 Å². The minimum absolute atomic E-state index is 0.0626. The van der Waals surface area contributed by atoms with E-state index in [1.165, 1.54) is 18.6 Å². The van der Waals surface area contributed by atoms with Crippen molar-refractivity contribution in [3.05, 3.63) is 29.6 Å². The first-order chi connectivity index (χ1) is 9.20. The molecule has 0 aliphatic carbocycles. The summed E-state index contributed by atoms with van der Waals surface area (Å²) in [6.45, 7) is 4.62. The molecule has 2 unspecified atom stereocenters. The molecule has 1 N–H and O–H groups in total. The fourth-order valence-electron chi connectivity index (χ4n) is 2.47. The Hall–Kier alpha value is -1.13. The minimum Gasteiger partial charge on any atom is -0.496 e. The molecule has 3 nitrogen and oxygen atoms in total. The molecular weight excluding hydrogens is 245 g/mol. The highest BCUT2D eigenvalue weighted by Gasteiger charge is 2.17. The van der Waals surface area contributed by atoms with E-state index in [0.717, 1.165) is 37.5 Å². The van der Waals surface area contributed by atoms with Gasteiger partial charge < -0.3 is 14.8 Å². The van der Waals surface area contributed by atoms with Gasteiger partial charge in [0.05, 0.1) is 13.7 Å². The van der Waals surface area contributed by atoms with Crippen molar-refractivity contribution in [1.29, 1.82) is 0 Å². The Morgan fingerprint density at radius 2 is 2.37 bits per heavy atom.